The van der Waals surface area contributed by atoms with Gasteiger partial charge in [-0.1, -0.05) is 256 Å². The second-order valence-electron chi connectivity index (χ2n) is 11.7. The van der Waals surface area contributed by atoms with Gasteiger partial charge in [-0.2, -0.15) is 0 Å². The molecule has 72 heavy (non-hydrogen) atoms. The van der Waals surface area contributed by atoms with Crippen LogP contribution < -0.4 is 24.3 Å². The number of aromatic nitrogens is 2. The quantitative estimate of drug-likeness (QED) is 0.162. The highest BCUT2D eigenvalue weighted by atomic mass is 16.7. The molecule has 3 aliphatic heterocycles. The molecule has 0 radical (unpaired) electrons. The highest BCUT2D eigenvalue weighted by Gasteiger charge is 2.12. The lowest BCUT2D eigenvalue weighted by Gasteiger charge is -1.93. The van der Waals surface area contributed by atoms with Crippen molar-refractivity contribution in [3.05, 3.63) is 237 Å². The summed E-state index contributed by atoms with van der Waals surface area (Å²) in [5, 5.41) is 4.18. The minimum absolute atomic E-state index is 0.360. The topological polar surface area (TPSA) is 74.7 Å². The summed E-state index contributed by atoms with van der Waals surface area (Å²) in [5.41, 5.74) is 3.40. The second-order valence-corrected chi connectivity index (χ2v) is 11.7. The van der Waals surface area contributed by atoms with Gasteiger partial charge in [0.25, 0.3) is 0 Å². The van der Waals surface area contributed by atoms with Crippen molar-refractivity contribution in [1.82, 2.24) is 9.97 Å². The van der Waals surface area contributed by atoms with E-state index in [0.717, 1.165) is 47.2 Å². The molecule has 8 aromatic rings. The third kappa shape index (κ3) is 35.7. The van der Waals surface area contributed by atoms with Crippen LogP contribution in [0.4, 0.5) is 5.69 Å². The Kier molecular flexibility index (Phi) is 57.3. The summed E-state index contributed by atoms with van der Waals surface area (Å²) in [4.78, 5) is 7.97. The number of pyridine rings is 2. The summed E-state index contributed by atoms with van der Waals surface area (Å²) in [7, 11) is 0. The zero-order valence-electron chi connectivity index (χ0n) is 47.1. The molecule has 392 valence electrons. The minimum atomic E-state index is 0.360. The number of benzene rings is 6. The fourth-order valence-corrected chi connectivity index (χ4v) is 5.03. The molecule has 0 amide bonds. The van der Waals surface area contributed by atoms with Crippen molar-refractivity contribution in [3.63, 3.8) is 0 Å². The van der Waals surface area contributed by atoms with E-state index in [1.807, 2.05) is 299 Å². The van der Waals surface area contributed by atoms with E-state index in [9.17, 15) is 0 Å². The maximum absolute atomic E-state index is 5.30. The number of rotatable bonds is 0. The molecule has 7 heteroatoms. The first-order valence-electron chi connectivity index (χ1n) is 26.2. The van der Waals surface area contributed by atoms with Gasteiger partial charge in [0.2, 0.25) is 6.79 Å². The SMILES string of the molecule is C=C1Nc2ccccc2O1.CC.CC.CC.CC.CC.CC.CC.CC.c1ccc2c(c1)CCO2.c1ccc2c(c1)OCO2.c1ccc2ncccc2c1.c1ccccc1.c1ccccc1.c1ccncc1. The van der Waals surface area contributed by atoms with E-state index in [2.05, 4.69) is 40.1 Å². The predicted molar refractivity (Wildman–Crippen MR) is 318 cm³/mol. The number of fused-ring (bicyclic) bond motifs is 4. The molecular weight excluding hydrogens is 887 g/mol. The Hall–Kier alpha value is -7.38. The van der Waals surface area contributed by atoms with Gasteiger partial charge < -0.3 is 24.3 Å². The summed E-state index contributed by atoms with van der Waals surface area (Å²) in [6, 6.07) is 65.4. The van der Waals surface area contributed by atoms with E-state index in [4.69, 9.17) is 18.9 Å². The van der Waals surface area contributed by atoms with Gasteiger partial charge in [0.1, 0.15) is 5.75 Å². The third-order valence-electron chi connectivity index (χ3n) is 7.69. The fourth-order valence-electron chi connectivity index (χ4n) is 5.03. The number of nitrogens with one attached hydrogen (secondary N) is 1. The summed E-state index contributed by atoms with van der Waals surface area (Å²) in [6.45, 7) is 36.9. The monoisotopic (exact) mass is 980 g/mol. The van der Waals surface area contributed by atoms with Crippen LogP contribution in [-0.2, 0) is 6.42 Å². The van der Waals surface area contributed by atoms with Gasteiger partial charge in [-0.15, -0.1) is 0 Å². The number of ether oxygens (including phenoxy) is 4. The molecular formula is C65H93N3O4. The molecule has 7 nitrogen and oxygen atoms in total. The van der Waals surface area contributed by atoms with Crippen LogP contribution in [0.3, 0.4) is 0 Å². The van der Waals surface area contributed by atoms with Gasteiger partial charge in [-0.3, -0.25) is 9.97 Å². The van der Waals surface area contributed by atoms with Crippen molar-refractivity contribution in [3.8, 4) is 23.0 Å². The molecule has 11 rings (SSSR count). The Morgan fingerprint density at radius 3 is 1.18 bits per heavy atom. The molecule has 0 bridgehead atoms. The molecule has 0 aliphatic carbocycles. The Morgan fingerprint density at radius 2 is 0.764 bits per heavy atom. The predicted octanol–water partition coefficient (Wildman–Crippen LogP) is 19.9. The summed E-state index contributed by atoms with van der Waals surface area (Å²) in [5.74, 6) is 4.21. The lowest BCUT2D eigenvalue weighted by molar-refractivity contribution is 0.174. The van der Waals surface area contributed by atoms with Crippen LogP contribution in [0.25, 0.3) is 10.9 Å². The van der Waals surface area contributed by atoms with Gasteiger partial charge in [-0.25, -0.2) is 0 Å². The minimum Gasteiger partial charge on any atom is -0.493 e. The van der Waals surface area contributed by atoms with Gasteiger partial charge in [0.15, 0.2) is 23.1 Å². The maximum atomic E-state index is 5.30. The van der Waals surface area contributed by atoms with Gasteiger partial charge >= 0.3 is 0 Å². The molecule has 2 aromatic heterocycles. The van der Waals surface area contributed by atoms with Gasteiger partial charge in [-0.05, 0) is 66.7 Å². The molecule has 1 N–H and O–H groups in total. The Labute approximate surface area is 439 Å². The van der Waals surface area contributed by atoms with Gasteiger partial charge in [0.05, 0.1) is 17.8 Å². The lowest BCUT2D eigenvalue weighted by atomic mass is 10.2. The van der Waals surface area contributed by atoms with Crippen molar-refractivity contribution < 1.29 is 18.9 Å². The van der Waals surface area contributed by atoms with E-state index in [-0.39, 0.29) is 0 Å². The first-order valence-corrected chi connectivity index (χ1v) is 26.2. The second kappa shape index (κ2) is 57.9. The fraction of sp³-hybridized carbons (Fsp3) is 0.292. The lowest BCUT2D eigenvalue weighted by Crippen LogP contribution is -1.92. The number of hydrogen-bond donors (Lipinski definition) is 1. The van der Waals surface area contributed by atoms with E-state index in [0.29, 0.717) is 12.7 Å². The molecule has 5 heterocycles. The standard InChI is InChI=1S/C9H7N.C8H7NO.C8H8O.C7H6O2.2C6H6.C5H5N.8C2H6/c1-2-6-9-8(4-1)5-3-7-10-9;1-6-9-7-4-2-3-5-8(7)10-6;1-2-4-8-7(3-1)5-6-9-8;1-2-4-7-6(3-1)8-5-9-7;3*1-2-4-6-5-3-1;8*1-2/h1-7H;2-5,9H,1H2;1-4H,5-6H2;1-4H,5H2;2*1-6H;1-5H;8*1-2H3. The van der Waals surface area contributed by atoms with E-state index in [1.165, 1.54) is 10.9 Å². The van der Waals surface area contributed by atoms with Crippen LogP contribution in [0, 0.1) is 0 Å². The smallest absolute Gasteiger partial charge is 0.231 e. The average Bonchev–Trinajstić information content (AvgIpc) is 4.30. The molecule has 0 spiro atoms. The van der Waals surface area contributed by atoms with Crippen LogP contribution in [0.2, 0.25) is 0 Å². The van der Waals surface area contributed by atoms with Crippen LogP contribution in [0.15, 0.2) is 231 Å². The first-order chi connectivity index (χ1) is 35.8. The number of hydrogen-bond acceptors (Lipinski definition) is 7. The van der Waals surface area contributed by atoms with Crippen molar-refractivity contribution in [1.29, 1.82) is 0 Å². The highest BCUT2D eigenvalue weighted by molar-refractivity contribution is 5.77. The molecule has 3 aliphatic rings. The largest absolute Gasteiger partial charge is 0.493 e. The van der Waals surface area contributed by atoms with Crippen LogP contribution >= 0.6 is 0 Å². The average molecular weight is 980 g/mol. The van der Waals surface area contributed by atoms with Crippen molar-refractivity contribution >= 4 is 16.6 Å². The molecule has 0 fully saturated rings. The normalized spacial score (nSPS) is 9.53. The Morgan fingerprint density at radius 1 is 0.375 bits per heavy atom. The highest BCUT2D eigenvalue weighted by Crippen LogP contribution is 2.32. The van der Waals surface area contributed by atoms with Crippen molar-refractivity contribution in [2.45, 2.75) is 117 Å². The van der Waals surface area contributed by atoms with Gasteiger partial charge in [0, 0.05) is 30.4 Å². The molecule has 0 atom stereocenters. The molecule has 0 saturated carbocycles. The Bertz CT molecular complexity index is 1910. The maximum Gasteiger partial charge on any atom is 0.231 e. The summed E-state index contributed by atoms with van der Waals surface area (Å²) < 4.78 is 20.7. The van der Waals surface area contributed by atoms with E-state index in [1.54, 1.807) is 12.4 Å². The zero-order valence-corrected chi connectivity index (χ0v) is 47.1. The molecule has 0 unspecified atom stereocenters. The van der Waals surface area contributed by atoms with Crippen LogP contribution in [0.5, 0.6) is 23.0 Å². The van der Waals surface area contributed by atoms with Crippen molar-refractivity contribution in [2.75, 3.05) is 18.7 Å². The molecule has 6 aromatic carbocycles. The van der Waals surface area contributed by atoms with E-state index >= 15 is 0 Å². The first kappa shape index (κ1) is 71.2. The third-order valence-corrected chi connectivity index (χ3v) is 7.69. The number of para-hydroxylation sites is 6. The summed E-state index contributed by atoms with van der Waals surface area (Å²) in [6.07, 6.45) is 6.39. The van der Waals surface area contributed by atoms with Crippen LogP contribution in [0.1, 0.15) is 116 Å². The number of anilines is 1. The Balaban J connectivity index is -0.000000360. The van der Waals surface area contributed by atoms with Crippen LogP contribution in [-0.4, -0.2) is 23.4 Å². The van der Waals surface area contributed by atoms with E-state index < -0.39 is 0 Å². The summed E-state index contributed by atoms with van der Waals surface area (Å²) >= 11 is 0. The van der Waals surface area contributed by atoms with Crippen molar-refractivity contribution in [2.24, 2.45) is 0 Å². The molecule has 0 saturated heterocycles. The zero-order chi connectivity index (χ0) is 54.7. The number of nitrogens with zero attached hydrogens (tertiary/aromatic N) is 2.